The van der Waals surface area contributed by atoms with E-state index < -0.39 is 0 Å². The van der Waals surface area contributed by atoms with Crippen LogP contribution < -0.4 is 0 Å². The SMILES string of the molecule is Cc1ccc(CCC(=O)N(C)C)c(Br)c1. The Morgan fingerprint density at radius 2 is 2.07 bits per heavy atom. The van der Waals surface area contributed by atoms with Crippen LogP contribution in [-0.2, 0) is 11.2 Å². The number of nitrogens with zero attached hydrogens (tertiary/aromatic N) is 1. The van der Waals surface area contributed by atoms with Gasteiger partial charge in [0.15, 0.2) is 0 Å². The maximum Gasteiger partial charge on any atom is 0.222 e. The molecule has 0 aliphatic rings. The molecule has 0 aromatic heterocycles. The summed E-state index contributed by atoms with van der Waals surface area (Å²) in [6, 6.07) is 6.22. The fourth-order valence-corrected chi connectivity index (χ4v) is 2.01. The third-order valence-corrected chi connectivity index (χ3v) is 3.05. The van der Waals surface area contributed by atoms with Crippen molar-refractivity contribution in [2.24, 2.45) is 0 Å². The van der Waals surface area contributed by atoms with Gasteiger partial charge in [0.1, 0.15) is 0 Å². The van der Waals surface area contributed by atoms with E-state index in [1.54, 1.807) is 19.0 Å². The van der Waals surface area contributed by atoms with Crippen molar-refractivity contribution in [1.29, 1.82) is 0 Å². The summed E-state index contributed by atoms with van der Waals surface area (Å²) in [6.45, 7) is 2.06. The van der Waals surface area contributed by atoms with E-state index in [1.807, 2.05) is 0 Å². The van der Waals surface area contributed by atoms with Crippen LogP contribution in [0.5, 0.6) is 0 Å². The van der Waals surface area contributed by atoms with E-state index in [0.717, 1.165) is 10.9 Å². The van der Waals surface area contributed by atoms with Gasteiger partial charge in [-0.2, -0.15) is 0 Å². The van der Waals surface area contributed by atoms with Gasteiger partial charge in [-0.1, -0.05) is 28.1 Å². The second-order valence-electron chi connectivity index (χ2n) is 3.88. The summed E-state index contributed by atoms with van der Waals surface area (Å²) in [4.78, 5) is 13.0. The van der Waals surface area contributed by atoms with Gasteiger partial charge in [-0.05, 0) is 30.5 Å². The van der Waals surface area contributed by atoms with Crippen LogP contribution in [0.2, 0.25) is 0 Å². The second kappa shape index (κ2) is 5.31. The molecule has 0 bridgehead atoms. The third-order valence-electron chi connectivity index (χ3n) is 2.32. The number of rotatable bonds is 3. The molecular weight excluding hydrogens is 254 g/mol. The third kappa shape index (κ3) is 3.67. The number of carbonyl (C=O) groups is 1. The highest BCUT2D eigenvalue weighted by Gasteiger charge is 2.06. The Balaban J connectivity index is 2.62. The minimum atomic E-state index is 0.169. The number of hydrogen-bond donors (Lipinski definition) is 0. The molecule has 0 aliphatic heterocycles. The average molecular weight is 270 g/mol. The Morgan fingerprint density at radius 1 is 1.40 bits per heavy atom. The van der Waals surface area contributed by atoms with Crippen molar-refractivity contribution in [1.82, 2.24) is 4.90 Å². The maximum absolute atomic E-state index is 11.4. The minimum Gasteiger partial charge on any atom is -0.349 e. The van der Waals surface area contributed by atoms with Crippen molar-refractivity contribution >= 4 is 21.8 Å². The second-order valence-corrected chi connectivity index (χ2v) is 4.74. The lowest BCUT2D eigenvalue weighted by Gasteiger charge is -2.10. The number of amides is 1. The fourth-order valence-electron chi connectivity index (χ4n) is 1.32. The van der Waals surface area contributed by atoms with E-state index >= 15 is 0 Å². The topological polar surface area (TPSA) is 20.3 Å². The van der Waals surface area contributed by atoms with Crippen LogP contribution in [0, 0.1) is 6.92 Å². The van der Waals surface area contributed by atoms with Gasteiger partial charge >= 0.3 is 0 Å². The molecule has 1 rings (SSSR count). The number of hydrogen-bond acceptors (Lipinski definition) is 1. The molecular formula is C12H16BrNO. The summed E-state index contributed by atoms with van der Waals surface area (Å²) in [6.07, 6.45) is 1.35. The Bertz CT molecular complexity index is 361. The van der Waals surface area contributed by atoms with E-state index in [1.165, 1.54) is 11.1 Å². The van der Waals surface area contributed by atoms with Crippen molar-refractivity contribution in [3.05, 3.63) is 33.8 Å². The summed E-state index contributed by atoms with van der Waals surface area (Å²) in [5.74, 6) is 0.169. The largest absolute Gasteiger partial charge is 0.349 e. The van der Waals surface area contributed by atoms with Gasteiger partial charge in [-0.15, -0.1) is 0 Å². The predicted octanol–water partition coefficient (Wildman–Crippen LogP) is 2.78. The summed E-state index contributed by atoms with van der Waals surface area (Å²) in [5, 5.41) is 0. The van der Waals surface area contributed by atoms with Crippen molar-refractivity contribution < 1.29 is 4.79 Å². The molecule has 0 radical (unpaired) electrons. The van der Waals surface area contributed by atoms with Crippen LogP contribution in [-0.4, -0.2) is 24.9 Å². The molecule has 2 nitrogen and oxygen atoms in total. The zero-order valence-corrected chi connectivity index (χ0v) is 11.0. The Kier molecular flexibility index (Phi) is 4.33. The lowest BCUT2D eigenvalue weighted by molar-refractivity contribution is -0.128. The van der Waals surface area contributed by atoms with Crippen molar-refractivity contribution in [3.8, 4) is 0 Å². The predicted molar refractivity (Wildman–Crippen MR) is 65.9 cm³/mol. The van der Waals surface area contributed by atoms with Crippen LogP contribution in [0.3, 0.4) is 0 Å². The van der Waals surface area contributed by atoms with Crippen molar-refractivity contribution in [3.63, 3.8) is 0 Å². The van der Waals surface area contributed by atoms with Crippen molar-refractivity contribution in [2.75, 3.05) is 14.1 Å². The number of halogens is 1. The fraction of sp³-hybridized carbons (Fsp3) is 0.417. The molecule has 0 unspecified atom stereocenters. The van der Waals surface area contributed by atoms with Gasteiger partial charge in [0.2, 0.25) is 5.91 Å². The molecule has 0 atom stereocenters. The normalized spacial score (nSPS) is 10.1. The maximum atomic E-state index is 11.4. The molecule has 1 aromatic carbocycles. The number of carbonyl (C=O) groups excluding carboxylic acids is 1. The Hall–Kier alpha value is -0.830. The molecule has 3 heteroatoms. The molecule has 0 N–H and O–H groups in total. The summed E-state index contributed by atoms with van der Waals surface area (Å²) in [7, 11) is 3.57. The highest BCUT2D eigenvalue weighted by atomic mass is 79.9. The highest BCUT2D eigenvalue weighted by molar-refractivity contribution is 9.10. The minimum absolute atomic E-state index is 0.169. The summed E-state index contributed by atoms with van der Waals surface area (Å²) in [5.41, 5.74) is 2.42. The lowest BCUT2D eigenvalue weighted by atomic mass is 10.1. The molecule has 1 amide bonds. The number of benzene rings is 1. The molecule has 0 saturated heterocycles. The van der Waals surface area contributed by atoms with E-state index in [4.69, 9.17) is 0 Å². The van der Waals surface area contributed by atoms with Crippen LogP contribution in [0.15, 0.2) is 22.7 Å². The van der Waals surface area contributed by atoms with Gasteiger partial charge in [-0.25, -0.2) is 0 Å². The standard InChI is InChI=1S/C12H16BrNO/c1-9-4-5-10(11(13)8-9)6-7-12(15)14(2)3/h4-5,8H,6-7H2,1-3H3. The van der Waals surface area contributed by atoms with Gasteiger partial charge in [-0.3, -0.25) is 4.79 Å². The molecule has 1 aromatic rings. The number of aryl methyl sites for hydroxylation is 2. The first-order chi connectivity index (χ1) is 7.00. The van der Waals surface area contributed by atoms with Gasteiger partial charge in [0, 0.05) is 25.0 Å². The molecule has 0 fully saturated rings. The van der Waals surface area contributed by atoms with E-state index in [2.05, 4.69) is 41.1 Å². The molecule has 82 valence electrons. The molecule has 0 saturated carbocycles. The smallest absolute Gasteiger partial charge is 0.222 e. The molecule has 0 heterocycles. The molecule has 0 aliphatic carbocycles. The summed E-state index contributed by atoms with van der Waals surface area (Å²) >= 11 is 3.51. The van der Waals surface area contributed by atoms with Crippen LogP contribution >= 0.6 is 15.9 Å². The van der Waals surface area contributed by atoms with Gasteiger partial charge in [0.25, 0.3) is 0 Å². The highest BCUT2D eigenvalue weighted by Crippen LogP contribution is 2.19. The summed E-state index contributed by atoms with van der Waals surface area (Å²) < 4.78 is 1.09. The average Bonchev–Trinajstić information content (AvgIpc) is 2.15. The van der Waals surface area contributed by atoms with Crippen LogP contribution in [0.25, 0.3) is 0 Å². The Labute approximate surface area is 99.4 Å². The van der Waals surface area contributed by atoms with E-state index in [9.17, 15) is 4.79 Å². The molecule has 0 spiro atoms. The zero-order chi connectivity index (χ0) is 11.4. The van der Waals surface area contributed by atoms with Crippen LogP contribution in [0.1, 0.15) is 17.5 Å². The first-order valence-electron chi connectivity index (χ1n) is 4.96. The van der Waals surface area contributed by atoms with Gasteiger partial charge < -0.3 is 4.90 Å². The monoisotopic (exact) mass is 269 g/mol. The van der Waals surface area contributed by atoms with E-state index in [0.29, 0.717) is 6.42 Å². The lowest BCUT2D eigenvalue weighted by Crippen LogP contribution is -2.21. The van der Waals surface area contributed by atoms with Crippen LogP contribution in [0.4, 0.5) is 0 Å². The first kappa shape index (κ1) is 12.2. The Morgan fingerprint density at radius 3 is 2.60 bits per heavy atom. The van der Waals surface area contributed by atoms with Gasteiger partial charge in [0.05, 0.1) is 0 Å². The van der Waals surface area contributed by atoms with Crippen molar-refractivity contribution in [2.45, 2.75) is 19.8 Å². The first-order valence-corrected chi connectivity index (χ1v) is 5.75. The van der Waals surface area contributed by atoms with E-state index in [-0.39, 0.29) is 5.91 Å². The molecule has 15 heavy (non-hydrogen) atoms. The zero-order valence-electron chi connectivity index (χ0n) is 9.38. The quantitative estimate of drug-likeness (QED) is 0.827.